The summed E-state index contributed by atoms with van der Waals surface area (Å²) < 4.78 is 45.0. The minimum atomic E-state index is -3.53. The summed E-state index contributed by atoms with van der Waals surface area (Å²) >= 11 is 0. The van der Waals surface area contributed by atoms with E-state index in [4.69, 9.17) is 5.26 Å². The predicted octanol–water partition coefficient (Wildman–Crippen LogP) is 0.365. The summed E-state index contributed by atoms with van der Waals surface area (Å²) in [5, 5.41) is 8.76. The first-order valence-electron chi connectivity index (χ1n) is 4.10. The van der Waals surface area contributed by atoms with Gasteiger partial charge in [0.25, 0.3) is 0 Å². The van der Waals surface area contributed by atoms with Crippen LogP contribution >= 0.6 is 0 Å². The molecule has 0 saturated carbocycles. The second-order valence-corrected chi connectivity index (χ2v) is 7.31. The molecule has 5 nitrogen and oxygen atoms in total. The third-order valence-electron chi connectivity index (χ3n) is 1.90. The Hall–Kier alpha value is -1.39. The van der Waals surface area contributed by atoms with Crippen molar-refractivity contribution in [3.05, 3.63) is 23.8 Å². The summed E-state index contributed by atoms with van der Waals surface area (Å²) in [6, 6.07) is 5.03. The Morgan fingerprint density at radius 2 is 1.62 bits per heavy atom. The molecular weight excluding hydrogens is 250 g/mol. The molecule has 0 radical (unpaired) electrons. The van der Waals surface area contributed by atoms with Crippen LogP contribution < -0.4 is 0 Å². The van der Waals surface area contributed by atoms with E-state index in [2.05, 4.69) is 0 Å². The lowest BCUT2D eigenvalue weighted by Crippen LogP contribution is -2.03. The van der Waals surface area contributed by atoms with E-state index in [0.29, 0.717) is 0 Å². The second-order valence-electron chi connectivity index (χ2n) is 3.31. The van der Waals surface area contributed by atoms with Gasteiger partial charge in [0, 0.05) is 12.5 Å². The lowest BCUT2D eigenvalue weighted by atomic mass is 10.2. The molecule has 1 aromatic carbocycles. The zero-order chi connectivity index (χ0) is 12.6. The highest BCUT2D eigenvalue weighted by molar-refractivity contribution is 7.91. The normalized spacial score (nSPS) is 12.1. The molecule has 0 bridgehead atoms. The third-order valence-corrected chi connectivity index (χ3v) is 4.16. The second kappa shape index (κ2) is 3.88. The highest BCUT2D eigenvalue weighted by Gasteiger charge is 2.16. The van der Waals surface area contributed by atoms with E-state index in [-0.39, 0.29) is 15.4 Å². The van der Waals surface area contributed by atoms with Crippen LogP contribution in [0.1, 0.15) is 5.56 Å². The average molecular weight is 259 g/mol. The van der Waals surface area contributed by atoms with Gasteiger partial charge in [-0.1, -0.05) is 0 Å². The molecule has 0 aromatic heterocycles. The molecule has 0 spiro atoms. The first kappa shape index (κ1) is 12.7. The van der Waals surface area contributed by atoms with Gasteiger partial charge in [-0.25, -0.2) is 16.8 Å². The molecule has 1 rings (SSSR count). The fourth-order valence-electron chi connectivity index (χ4n) is 1.15. The standard InChI is InChI=1S/C9H9NO4S2/c1-15(11,12)8-3-4-9(16(2,13)14)7(5-8)6-10/h3-5H,1-2H3. The monoisotopic (exact) mass is 259 g/mol. The fraction of sp³-hybridized carbons (Fsp3) is 0.222. The zero-order valence-electron chi connectivity index (χ0n) is 8.63. The maximum absolute atomic E-state index is 11.3. The lowest BCUT2D eigenvalue weighted by Gasteiger charge is -2.03. The van der Waals surface area contributed by atoms with Gasteiger partial charge in [0.05, 0.1) is 15.4 Å². The fourth-order valence-corrected chi connectivity index (χ4v) is 2.62. The van der Waals surface area contributed by atoms with Gasteiger partial charge in [0.1, 0.15) is 6.07 Å². The Morgan fingerprint density at radius 1 is 1.06 bits per heavy atom. The van der Waals surface area contributed by atoms with Gasteiger partial charge in [-0.05, 0) is 18.2 Å². The van der Waals surface area contributed by atoms with Crippen LogP contribution in [0.5, 0.6) is 0 Å². The number of benzene rings is 1. The van der Waals surface area contributed by atoms with E-state index in [9.17, 15) is 16.8 Å². The molecule has 1 aromatic rings. The largest absolute Gasteiger partial charge is 0.224 e. The van der Waals surface area contributed by atoms with Crippen LogP contribution in [0, 0.1) is 11.3 Å². The van der Waals surface area contributed by atoms with Gasteiger partial charge in [0.2, 0.25) is 0 Å². The zero-order valence-corrected chi connectivity index (χ0v) is 10.3. The van der Waals surface area contributed by atoms with E-state index in [1.807, 2.05) is 0 Å². The van der Waals surface area contributed by atoms with Crippen molar-refractivity contribution < 1.29 is 16.8 Å². The van der Waals surface area contributed by atoms with Crippen molar-refractivity contribution in [2.45, 2.75) is 9.79 Å². The van der Waals surface area contributed by atoms with Crippen LogP contribution in [0.25, 0.3) is 0 Å². The highest BCUT2D eigenvalue weighted by atomic mass is 32.2. The van der Waals surface area contributed by atoms with Crippen molar-refractivity contribution >= 4 is 19.7 Å². The summed E-state index contributed by atoms with van der Waals surface area (Å²) in [5.74, 6) is 0. The van der Waals surface area contributed by atoms with Crippen molar-refractivity contribution in [1.29, 1.82) is 5.26 Å². The number of rotatable bonds is 2. The SMILES string of the molecule is CS(=O)(=O)c1ccc(S(C)(=O)=O)c(C#N)c1. The minimum Gasteiger partial charge on any atom is -0.224 e. The quantitative estimate of drug-likeness (QED) is 0.764. The first-order chi connectivity index (χ1) is 7.16. The summed E-state index contributed by atoms with van der Waals surface area (Å²) in [6.07, 6.45) is 1.95. The molecule has 0 unspecified atom stereocenters. The molecule has 0 amide bonds. The van der Waals surface area contributed by atoms with Gasteiger partial charge in [-0.3, -0.25) is 0 Å². The van der Waals surface area contributed by atoms with Gasteiger partial charge in [0.15, 0.2) is 19.7 Å². The topological polar surface area (TPSA) is 92.1 Å². The van der Waals surface area contributed by atoms with Crippen LogP contribution in [-0.2, 0) is 19.7 Å². The van der Waals surface area contributed by atoms with Crippen LogP contribution in [0.15, 0.2) is 28.0 Å². The minimum absolute atomic E-state index is 0.0727. The summed E-state index contributed by atoms with van der Waals surface area (Å²) in [6.45, 7) is 0. The molecule has 16 heavy (non-hydrogen) atoms. The Morgan fingerprint density at radius 3 is 2.00 bits per heavy atom. The lowest BCUT2D eigenvalue weighted by molar-refractivity contribution is 0.598. The smallest absolute Gasteiger partial charge is 0.176 e. The molecule has 0 aliphatic rings. The predicted molar refractivity (Wildman–Crippen MR) is 57.4 cm³/mol. The third kappa shape index (κ3) is 2.59. The summed E-state index contributed by atoms with van der Waals surface area (Å²) in [7, 11) is -6.97. The maximum atomic E-state index is 11.3. The van der Waals surface area contributed by atoms with Crippen LogP contribution in [0.4, 0.5) is 0 Å². The Labute approximate surface area is 94.2 Å². The summed E-state index contributed by atoms with van der Waals surface area (Å²) in [5.41, 5.74) is -0.162. The van der Waals surface area contributed by atoms with Gasteiger partial charge in [-0.2, -0.15) is 5.26 Å². The number of nitriles is 1. The van der Waals surface area contributed by atoms with E-state index in [1.54, 1.807) is 6.07 Å². The molecule has 7 heteroatoms. The Balaban J connectivity index is 3.60. The molecule has 0 fully saturated rings. The van der Waals surface area contributed by atoms with Crippen molar-refractivity contribution in [2.75, 3.05) is 12.5 Å². The molecule has 0 N–H and O–H groups in total. The van der Waals surface area contributed by atoms with Gasteiger partial charge in [-0.15, -0.1) is 0 Å². The molecule has 0 heterocycles. The van der Waals surface area contributed by atoms with Crippen LogP contribution in [0.3, 0.4) is 0 Å². The Bertz CT molecular complexity index is 666. The number of hydrogen-bond acceptors (Lipinski definition) is 5. The molecule has 0 atom stereocenters. The molecule has 0 aliphatic heterocycles. The Kier molecular flexibility index (Phi) is 3.08. The highest BCUT2D eigenvalue weighted by Crippen LogP contribution is 2.19. The van der Waals surface area contributed by atoms with E-state index in [0.717, 1.165) is 24.6 Å². The summed E-state index contributed by atoms with van der Waals surface area (Å²) in [4.78, 5) is -0.237. The number of sulfone groups is 2. The van der Waals surface area contributed by atoms with Crippen molar-refractivity contribution in [3.8, 4) is 6.07 Å². The van der Waals surface area contributed by atoms with Crippen molar-refractivity contribution in [1.82, 2.24) is 0 Å². The van der Waals surface area contributed by atoms with Gasteiger partial charge >= 0.3 is 0 Å². The van der Waals surface area contributed by atoms with Crippen LogP contribution in [-0.4, -0.2) is 29.3 Å². The molecule has 0 saturated heterocycles. The van der Waals surface area contributed by atoms with E-state index in [1.165, 1.54) is 6.07 Å². The van der Waals surface area contributed by atoms with E-state index >= 15 is 0 Å². The molecule has 0 aliphatic carbocycles. The average Bonchev–Trinajstić information content (AvgIpc) is 2.14. The van der Waals surface area contributed by atoms with Crippen molar-refractivity contribution in [3.63, 3.8) is 0 Å². The van der Waals surface area contributed by atoms with Crippen LogP contribution in [0.2, 0.25) is 0 Å². The number of hydrogen-bond donors (Lipinski definition) is 0. The van der Waals surface area contributed by atoms with Crippen molar-refractivity contribution in [2.24, 2.45) is 0 Å². The van der Waals surface area contributed by atoms with Gasteiger partial charge < -0.3 is 0 Å². The van der Waals surface area contributed by atoms with E-state index < -0.39 is 19.7 Å². The number of nitrogens with zero attached hydrogens (tertiary/aromatic N) is 1. The molecular formula is C9H9NO4S2. The molecule has 86 valence electrons. The first-order valence-corrected chi connectivity index (χ1v) is 7.89. The maximum Gasteiger partial charge on any atom is 0.176 e.